The van der Waals surface area contributed by atoms with Gasteiger partial charge in [0.25, 0.3) is 5.91 Å². The van der Waals surface area contributed by atoms with Crippen LogP contribution in [0.1, 0.15) is 78.7 Å². The van der Waals surface area contributed by atoms with E-state index >= 15 is 0 Å². The van der Waals surface area contributed by atoms with Crippen molar-refractivity contribution in [1.29, 1.82) is 0 Å². The number of fused-ring (bicyclic) bond motifs is 4. The van der Waals surface area contributed by atoms with Gasteiger partial charge in [-0.05, 0) is 71.1 Å². The summed E-state index contributed by atoms with van der Waals surface area (Å²) in [7, 11) is 0. The topological polar surface area (TPSA) is 130 Å². The number of rotatable bonds is 1. The van der Waals surface area contributed by atoms with Crippen LogP contribution in [0.25, 0.3) is 17.0 Å². The summed E-state index contributed by atoms with van der Waals surface area (Å²) < 4.78 is 5.85. The molecule has 3 amide bonds. The summed E-state index contributed by atoms with van der Waals surface area (Å²) in [5.74, 6) is -1.88. The van der Waals surface area contributed by atoms with Gasteiger partial charge in [-0.3, -0.25) is 19.4 Å². The van der Waals surface area contributed by atoms with Gasteiger partial charge in [0.05, 0.1) is 16.6 Å². The smallest absolute Gasteiger partial charge is 0.328 e. The Bertz CT molecular complexity index is 1390. The highest BCUT2D eigenvalue weighted by Crippen LogP contribution is 2.27. The number of cyclic esters (lactones) is 1. The second-order valence-electron chi connectivity index (χ2n) is 12.3. The van der Waals surface area contributed by atoms with E-state index in [9.17, 15) is 19.2 Å². The number of carbonyl (C=O) groups is 4. The molecule has 2 aliphatic rings. The third-order valence-corrected chi connectivity index (χ3v) is 7.84. The van der Waals surface area contributed by atoms with E-state index < -0.39 is 41.0 Å². The molecule has 0 saturated carbocycles. The molecule has 1 unspecified atom stereocenters. The number of ether oxygens (including phenoxy) is 1. The molecule has 1 aromatic carbocycles. The van der Waals surface area contributed by atoms with E-state index in [-0.39, 0.29) is 17.7 Å². The van der Waals surface area contributed by atoms with E-state index in [0.717, 1.165) is 16.5 Å². The molecule has 3 N–H and O–H groups in total. The van der Waals surface area contributed by atoms with Crippen molar-refractivity contribution in [3.63, 3.8) is 0 Å². The van der Waals surface area contributed by atoms with E-state index in [4.69, 9.17) is 9.72 Å². The van der Waals surface area contributed by atoms with Crippen LogP contribution < -0.4 is 16.1 Å². The highest BCUT2D eigenvalue weighted by atomic mass is 16.5. The largest absolute Gasteiger partial charge is 0.455 e. The fraction of sp³-hybridized carbons (Fsp3) is 0.516. The van der Waals surface area contributed by atoms with Gasteiger partial charge < -0.3 is 15.4 Å². The number of aromatic nitrogens is 1. The van der Waals surface area contributed by atoms with Crippen LogP contribution in [0.4, 0.5) is 0 Å². The van der Waals surface area contributed by atoms with Crippen molar-refractivity contribution in [2.75, 3.05) is 6.54 Å². The minimum atomic E-state index is -1.14. The highest BCUT2D eigenvalue weighted by Gasteiger charge is 2.42. The van der Waals surface area contributed by atoms with Gasteiger partial charge in [-0.25, -0.2) is 15.2 Å². The van der Waals surface area contributed by atoms with E-state index in [0.29, 0.717) is 25.1 Å². The Hall–Kier alpha value is -3.79. The van der Waals surface area contributed by atoms with Crippen LogP contribution in [0.2, 0.25) is 0 Å². The number of esters is 1. The van der Waals surface area contributed by atoms with Crippen molar-refractivity contribution in [3.05, 3.63) is 47.7 Å². The van der Waals surface area contributed by atoms with Crippen LogP contribution in [-0.2, 0) is 23.9 Å². The third-order valence-electron chi connectivity index (χ3n) is 7.84. The average Bonchev–Trinajstić information content (AvgIpc) is 2.92. The number of nitrogens with one attached hydrogen (secondary N) is 3. The van der Waals surface area contributed by atoms with Gasteiger partial charge in [-0.15, -0.1) is 0 Å². The van der Waals surface area contributed by atoms with Gasteiger partial charge in [0.2, 0.25) is 11.8 Å². The Balaban J connectivity index is 1.73. The molecule has 1 aromatic heterocycles. The second kappa shape index (κ2) is 11.6. The lowest BCUT2D eigenvalue weighted by molar-refractivity contribution is -0.164. The molecule has 3 heterocycles. The van der Waals surface area contributed by atoms with E-state index in [1.54, 1.807) is 40.7 Å². The van der Waals surface area contributed by atoms with E-state index in [1.165, 1.54) is 5.01 Å². The minimum absolute atomic E-state index is 0.225. The Morgan fingerprint density at radius 2 is 1.73 bits per heavy atom. The number of nitrogens with zero attached hydrogens (tertiary/aromatic N) is 2. The average molecular weight is 564 g/mol. The molecule has 10 heteroatoms. The van der Waals surface area contributed by atoms with Crippen molar-refractivity contribution in [2.45, 2.75) is 85.0 Å². The molecule has 0 spiro atoms. The second-order valence-corrected chi connectivity index (χ2v) is 12.3. The summed E-state index contributed by atoms with van der Waals surface area (Å²) >= 11 is 0. The van der Waals surface area contributed by atoms with Gasteiger partial charge in [-0.1, -0.05) is 44.2 Å². The molecule has 2 aromatic rings. The first-order valence-electron chi connectivity index (χ1n) is 14.2. The summed E-state index contributed by atoms with van der Waals surface area (Å²) in [4.78, 5) is 58.0. The van der Waals surface area contributed by atoms with Gasteiger partial charge >= 0.3 is 5.97 Å². The molecule has 2 aliphatic heterocycles. The SMILES string of the molecule is CC1NC(=O)[C@H](C(C)C)NC(=O)C(C)(C)/C=C/c2ccc3ccc(nc3c2)[C@@H](C)OC(=O)[C@]2(C)CCCN(N2)C1=O. The first kappa shape index (κ1) is 30.2. The van der Waals surface area contributed by atoms with Gasteiger partial charge in [0.15, 0.2) is 0 Å². The number of amides is 3. The summed E-state index contributed by atoms with van der Waals surface area (Å²) in [5.41, 5.74) is 3.16. The number of carbonyl (C=O) groups excluding carboxylic acids is 4. The number of hydrazine groups is 1. The fourth-order valence-electron chi connectivity index (χ4n) is 4.99. The van der Waals surface area contributed by atoms with Crippen molar-refractivity contribution in [1.82, 2.24) is 26.1 Å². The van der Waals surface area contributed by atoms with Crippen LogP contribution in [0.15, 0.2) is 36.4 Å². The molecule has 5 bridgehead atoms. The summed E-state index contributed by atoms with van der Waals surface area (Å²) in [6.45, 7) is 12.7. The maximum Gasteiger partial charge on any atom is 0.328 e. The summed E-state index contributed by atoms with van der Waals surface area (Å²) in [6, 6.07) is 7.83. The Morgan fingerprint density at radius 1 is 1.02 bits per heavy atom. The van der Waals surface area contributed by atoms with Crippen LogP contribution in [-0.4, -0.2) is 57.9 Å². The normalized spacial score (nSPS) is 28.7. The lowest BCUT2D eigenvalue weighted by atomic mass is 9.89. The number of hydrogen-bond acceptors (Lipinski definition) is 7. The molecule has 10 nitrogen and oxygen atoms in total. The molecule has 0 aliphatic carbocycles. The van der Waals surface area contributed by atoms with Crippen LogP contribution in [0.3, 0.4) is 0 Å². The number of benzene rings is 1. The zero-order valence-corrected chi connectivity index (χ0v) is 24.9. The molecular formula is C31H41N5O5. The van der Waals surface area contributed by atoms with Crippen molar-refractivity contribution in [2.24, 2.45) is 11.3 Å². The molecule has 4 rings (SSSR count). The van der Waals surface area contributed by atoms with Crippen molar-refractivity contribution < 1.29 is 23.9 Å². The zero-order valence-electron chi connectivity index (χ0n) is 24.9. The van der Waals surface area contributed by atoms with Crippen LogP contribution >= 0.6 is 0 Å². The predicted molar refractivity (Wildman–Crippen MR) is 156 cm³/mol. The third kappa shape index (κ3) is 6.59. The monoisotopic (exact) mass is 563 g/mol. The van der Waals surface area contributed by atoms with Gasteiger partial charge in [0.1, 0.15) is 23.7 Å². The standard InChI is InChI=1S/C31H41N5O5/c1-18(2)25-26(37)32-19(3)27(38)36-16-8-14-31(7,35-36)29(40)41-20(4)23-12-11-22-10-9-21(17-24(22)33-23)13-15-30(5,6)28(39)34-25/h9-13,15,17-20,25,35H,8,14,16H2,1-7H3,(H,32,37)(H,34,39)/b15-13+/t19?,20-,25+,31+/m1/s1. The van der Waals surface area contributed by atoms with Crippen molar-refractivity contribution in [3.8, 4) is 0 Å². The first-order chi connectivity index (χ1) is 19.2. The molecule has 4 atom stereocenters. The summed E-state index contributed by atoms with van der Waals surface area (Å²) in [5, 5.41) is 7.93. The minimum Gasteiger partial charge on any atom is -0.455 e. The fourth-order valence-corrected chi connectivity index (χ4v) is 4.99. The molecular weight excluding hydrogens is 522 g/mol. The number of hydrogen-bond donors (Lipinski definition) is 3. The predicted octanol–water partition coefficient (Wildman–Crippen LogP) is 3.42. The van der Waals surface area contributed by atoms with Crippen LogP contribution in [0.5, 0.6) is 0 Å². The maximum atomic E-state index is 13.4. The lowest BCUT2D eigenvalue weighted by Gasteiger charge is -2.41. The molecule has 41 heavy (non-hydrogen) atoms. The first-order valence-corrected chi connectivity index (χ1v) is 14.2. The lowest BCUT2D eigenvalue weighted by Crippen LogP contribution is -2.65. The molecule has 1 fully saturated rings. The van der Waals surface area contributed by atoms with Gasteiger partial charge in [-0.2, -0.15) is 0 Å². The molecule has 1 saturated heterocycles. The zero-order chi connectivity index (χ0) is 30.1. The quantitative estimate of drug-likeness (QED) is 0.454. The van der Waals surface area contributed by atoms with Crippen LogP contribution in [0, 0.1) is 11.3 Å². The maximum absolute atomic E-state index is 13.4. The van der Waals surface area contributed by atoms with Crippen molar-refractivity contribution >= 4 is 40.7 Å². The Labute approximate surface area is 241 Å². The van der Waals surface area contributed by atoms with E-state index in [1.807, 2.05) is 50.3 Å². The Kier molecular flexibility index (Phi) is 8.54. The summed E-state index contributed by atoms with van der Waals surface area (Å²) in [6.07, 6.45) is 4.07. The molecule has 220 valence electrons. The van der Waals surface area contributed by atoms with E-state index in [2.05, 4.69) is 16.1 Å². The number of pyridine rings is 1. The Morgan fingerprint density at radius 3 is 2.44 bits per heavy atom. The van der Waals surface area contributed by atoms with Gasteiger partial charge in [0, 0.05) is 11.9 Å². The molecule has 0 radical (unpaired) electrons. The highest BCUT2D eigenvalue weighted by molar-refractivity contribution is 5.94.